The fraction of sp³-hybridized carbons (Fsp3) is 0.120. The normalized spacial score (nSPS) is 13.1. The maximum Gasteiger partial charge on any atom is 0.148 e. The highest BCUT2D eigenvalue weighted by atomic mass is 35.5. The topological polar surface area (TPSA) is 55.1 Å². The lowest BCUT2D eigenvalue weighted by Gasteiger charge is -2.17. The van der Waals surface area contributed by atoms with Gasteiger partial charge in [-0.15, -0.1) is 0 Å². The molecule has 0 fully saturated rings. The summed E-state index contributed by atoms with van der Waals surface area (Å²) in [7, 11) is 1.63. The highest BCUT2D eigenvalue weighted by Crippen LogP contribution is 2.34. The molecule has 0 aliphatic heterocycles. The molecule has 0 saturated heterocycles. The molecule has 0 N–H and O–H groups in total. The molecule has 30 heavy (non-hydrogen) atoms. The van der Waals surface area contributed by atoms with Crippen molar-refractivity contribution in [1.29, 1.82) is 5.26 Å². The molecule has 2 aromatic carbocycles. The highest BCUT2D eigenvalue weighted by Gasteiger charge is 2.18. The van der Waals surface area contributed by atoms with Gasteiger partial charge in [0.2, 0.25) is 0 Å². The van der Waals surface area contributed by atoms with Crippen molar-refractivity contribution in [2.45, 2.75) is 12.8 Å². The van der Waals surface area contributed by atoms with Gasteiger partial charge < -0.3 is 9.47 Å². The number of nitrogens with zero attached hydrogens (tertiary/aromatic N) is 2. The minimum absolute atomic E-state index is 0.206. The Morgan fingerprint density at radius 3 is 2.37 bits per heavy atom. The summed E-state index contributed by atoms with van der Waals surface area (Å²) in [5.74, 6) is 2.47. The van der Waals surface area contributed by atoms with Gasteiger partial charge in [0.15, 0.2) is 0 Å². The quantitative estimate of drug-likeness (QED) is 0.452. The van der Waals surface area contributed by atoms with E-state index in [9.17, 15) is 5.26 Å². The van der Waals surface area contributed by atoms with Crippen LogP contribution >= 0.6 is 11.6 Å². The van der Waals surface area contributed by atoms with Crippen molar-refractivity contribution in [1.82, 2.24) is 4.98 Å². The number of allylic oxidation sites excluding steroid dienone is 4. The SMILES string of the molecule is COc1ccc(-c2cc(C3=CC=C(Oc4ccccc4)CC3)c(C#N)c(Cl)n2)cc1. The van der Waals surface area contributed by atoms with Crippen LogP contribution in [-0.4, -0.2) is 12.1 Å². The van der Waals surface area contributed by atoms with E-state index in [1.807, 2.05) is 72.8 Å². The molecule has 3 aromatic rings. The molecule has 1 heterocycles. The van der Waals surface area contributed by atoms with Gasteiger partial charge in [-0.05, 0) is 60.5 Å². The van der Waals surface area contributed by atoms with Gasteiger partial charge in [-0.2, -0.15) is 5.26 Å². The van der Waals surface area contributed by atoms with Crippen LogP contribution in [-0.2, 0) is 0 Å². The Morgan fingerprint density at radius 1 is 0.967 bits per heavy atom. The Bertz CT molecular complexity index is 1160. The van der Waals surface area contributed by atoms with E-state index in [1.165, 1.54) is 0 Å². The lowest BCUT2D eigenvalue weighted by atomic mass is 9.93. The number of para-hydroxylation sites is 1. The first-order valence-corrected chi connectivity index (χ1v) is 9.94. The number of hydrogen-bond acceptors (Lipinski definition) is 4. The molecule has 0 bridgehead atoms. The summed E-state index contributed by atoms with van der Waals surface area (Å²) in [4.78, 5) is 4.43. The van der Waals surface area contributed by atoms with Crippen LogP contribution < -0.4 is 9.47 Å². The third-order valence-electron chi connectivity index (χ3n) is 4.92. The van der Waals surface area contributed by atoms with Crippen molar-refractivity contribution in [2.75, 3.05) is 7.11 Å². The Kier molecular flexibility index (Phi) is 5.83. The fourth-order valence-electron chi connectivity index (χ4n) is 3.35. The minimum Gasteiger partial charge on any atom is -0.497 e. The number of methoxy groups -OCH3 is 1. The van der Waals surface area contributed by atoms with Crippen LogP contribution in [0.4, 0.5) is 0 Å². The monoisotopic (exact) mass is 414 g/mol. The van der Waals surface area contributed by atoms with Gasteiger partial charge in [0.25, 0.3) is 0 Å². The smallest absolute Gasteiger partial charge is 0.148 e. The molecule has 1 aliphatic rings. The van der Waals surface area contributed by atoms with E-state index < -0.39 is 0 Å². The molecule has 5 heteroatoms. The molecule has 0 radical (unpaired) electrons. The van der Waals surface area contributed by atoms with Crippen LogP contribution in [0.1, 0.15) is 24.0 Å². The Hall–Kier alpha value is -3.55. The van der Waals surface area contributed by atoms with Crippen molar-refractivity contribution in [3.05, 3.63) is 94.9 Å². The van der Waals surface area contributed by atoms with Gasteiger partial charge in [0.05, 0.1) is 18.4 Å². The Balaban J connectivity index is 1.67. The molecule has 0 saturated carbocycles. The Morgan fingerprint density at radius 2 is 1.73 bits per heavy atom. The van der Waals surface area contributed by atoms with E-state index in [4.69, 9.17) is 21.1 Å². The van der Waals surface area contributed by atoms with Gasteiger partial charge in [-0.25, -0.2) is 4.98 Å². The summed E-state index contributed by atoms with van der Waals surface area (Å²) in [6.07, 6.45) is 5.43. The zero-order chi connectivity index (χ0) is 20.9. The summed E-state index contributed by atoms with van der Waals surface area (Å²) in [6, 6.07) is 21.4. The number of aromatic nitrogens is 1. The average Bonchev–Trinajstić information content (AvgIpc) is 2.80. The summed E-state index contributed by atoms with van der Waals surface area (Å²) in [5, 5.41) is 9.85. The molecule has 1 aromatic heterocycles. The third-order valence-corrected chi connectivity index (χ3v) is 5.20. The zero-order valence-electron chi connectivity index (χ0n) is 16.4. The third kappa shape index (κ3) is 4.22. The van der Waals surface area contributed by atoms with Crippen molar-refractivity contribution < 1.29 is 9.47 Å². The van der Waals surface area contributed by atoms with Crippen LogP contribution in [0.3, 0.4) is 0 Å². The predicted octanol–water partition coefficient (Wildman–Crippen LogP) is 6.42. The molecule has 0 atom stereocenters. The number of halogens is 1. The second-order valence-corrected chi connectivity index (χ2v) is 7.16. The lowest BCUT2D eigenvalue weighted by Crippen LogP contribution is -2.02. The van der Waals surface area contributed by atoms with Gasteiger partial charge in [0.1, 0.15) is 28.5 Å². The molecule has 148 valence electrons. The molecule has 4 rings (SSSR count). The van der Waals surface area contributed by atoms with Crippen molar-refractivity contribution in [2.24, 2.45) is 0 Å². The molecular weight excluding hydrogens is 396 g/mol. The first-order chi connectivity index (χ1) is 14.7. The second-order valence-electron chi connectivity index (χ2n) is 6.80. The highest BCUT2D eigenvalue weighted by molar-refractivity contribution is 6.31. The number of pyridine rings is 1. The fourth-order valence-corrected chi connectivity index (χ4v) is 3.59. The van der Waals surface area contributed by atoms with Crippen molar-refractivity contribution >= 4 is 17.2 Å². The lowest BCUT2D eigenvalue weighted by molar-refractivity contribution is 0.404. The number of hydrogen-bond donors (Lipinski definition) is 0. The van der Waals surface area contributed by atoms with Crippen molar-refractivity contribution in [3.8, 4) is 28.8 Å². The molecule has 0 amide bonds. The number of ether oxygens (including phenoxy) is 2. The largest absolute Gasteiger partial charge is 0.497 e. The minimum atomic E-state index is 0.206. The van der Waals surface area contributed by atoms with Gasteiger partial charge in [-0.3, -0.25) is 0 Å². The molecule has 1 aliphatic carbocycles. The van der Waals surface area contributed by atoms with Crippen molar-refractivity contribution in [3.63, 3.8) is 0 Å². The number of rotatable bonds is 5. The van der Waals surface area contributed by atoms with Crippen LogP contribution in [0.15, 0.2) is 78.6 Å². The standard InChI is InChI=1S/C25H19ClN2O2/c1-29-19-11-9-18(10-12-19)24-15-22(23(16-27)25(26)28-24)17-7-13-21(14-8-17)30-20-5-3-2-4-6-20/h2-7,9-13,15H,8,14H2,1H3. The molecule has 0 spiro atoms. The van der Waals surface area contributed by atoms with E-state index in [0.29, 0.717) is 11.3 Å². The van der Waals surface area contributed by atoms with E-state index in [2.05, 4.69) is 11.1 Å². The molecular formula is C25H19ClN2O2. The number of benzene rings is 2. The van der Waals surface area contributed by atoms with Gasteiger partial charge in [0, 0.05) is 17.5 Å². The van der Waals surface area contributed by atoms with Gasteiger partial charge in [-0.1, -0.05) is 35.9 Å². The summed E-state index contributed by atoms with van der Waals surface area (Å²) in [5.41, 5.74) is 3.85. The first-order valence-electron chi connectivity index (χ1n) is 9.56. The number of nitriles is 1. The zero-order valence-corrected chi connectivity index (χ0v) is 17.2. The summed E-state index contributed by atoms with van der Waals surface area (Å²) < 4.78 is 11.2. The Labute approximate surface area is 180 Å². The van der Waals surface area contributed by atoms with Crippen LogP contribution in [0.25, 0.3) is 16.8 Å². The summed E-state index contributed by atoms with van der Waals surface area (Å²) >= 11 is 6.37. The predicted molar refractivity (Wildman–Crippen MR) is 118 cm³/mol. The van der Waals surface area contributed by atoms with Crippen LogP contribution in [0.2, 0.25) is 5.15 Å². The molecule has 4 nitrogen and oxygen atoms in total. The van der Waals surface area contributed by atoms with E-state index in [0.717, 1.165) is 46.8 Å². The van der Waals surface area contributed by atoms with E-state index >= 15 is 0 Å². The maximum absolute atomic E-state index is 9.65. The average molecular weight is 415 g/mol. The summed E-state index contributed by atoms with van der Waals surface area (Å²) in [6.45, 7) is 0. The van der Waals surface area contributed by atoms with Crippen LogP contribution in [0, 0.1) is 11.3 Å². The van der Waals surface area contributed by atoms with Gasteiger partial charge >= 0.3 is 0 Å². The molecule has 0 unspecified atom stereocenters. The van der Waals surface area contributed by atoms with E-state index in [-0.39, 0.29) is 5.15 Å². The van der Waals surface area contributed by atoms with Crippen LogP contribution in [0.5, 0.6) is 11.5 Å². The van der Waals surface area contributed by atoms with E-state index in [1.54, 1.807) is 7.11 Å². The second kappa shape index (κ2) is 8.86. The maximum atomic E-state index is 9.65. The first kappa shape index (κ1) is 19.8.